The Kier molecular flexibility index (Phi) is 5.78. The van der Waals surface area contributed by atoms with Crippen LogP contribution in [0.15, 0.2) is 0 Å². The number of hydrogen-bond donors (Lipinski definition) is 0. The van der Waals surface area contributed by atoms with E-state index in [1.807, 2.05) is 6.92 Å². The number of nitro groups is 1. The first kappa shape index (κ1) is 15.1. The predicted octanol–water partition coefficient (Wildman–Crippen LogP) is 3.62. The maximum absolute atomic E-state index is 11.1. The molecule has 1 atom stereocenters. The number of nitrogens with zero attached hydrogens (tertiary/aromatic N) is 3. The number of hydrogen-bond acceptors (Lipinski definition) is 3. The van der Waals surface area contributed by atoms with Crippen molar-refractivity contribution in [2.24, 2.45) is 0 Å². The monoisotopic (exact) mass is 317 g/mol. The van der Waals surface area contributed by atoms with E-state index in [1.165, 1.54) is 0 Å². The van der Waals surface area contributed by atoms with Crippen LogP contribution in [0.5, 0.6) is 0 Å². The highest BCUT2D eigenvalue weighted by Gasteiger charge is 2.26. The van der Waals surface area contributed by atoms with E-state index >= 15 is 0 Å². The minimum atomic E-state index is -0.310. The van der Waals surface area contributed by atoms with Crippen LogP contribution in [-0.2, 0) is 13.0 Å². The summed E-state index contributed by atoms with van der Waals surface area (Å²) in [7, 11) is 0. The van der Waals surface area contributed by atoms with Crippen LogP contribution in [-0.4, -0.2) is 19.5 Å². The second kappa shape index (κ2) is 6.87. The van der Waals surface area contributed by atoms with Gasteiger partial charge in [-0.2, -0.15) is 5.10 Å². The van der Waals surface area contributed by atoms with Crippen LogP contribution in [0, 0.1) is 17.0 Å². The van der Waals surface area contributed by atoms with Crippen LogP contribution < -0.4 is 0 Å². The molecule has 0 spiro atoms. The molecule has 1 rings (SSSR count). The zero-order valence-corrected chi connectivity index (χ0v) is 12.7. The van der Waals surface area contributed by atoms with Crippen molar-refractivity contribution >= 4 is 21.6 Å². The number of rotatable bonds is 7. The van der Waals surface area contributed by atoms with Crippen LogP contribution in [0.4, 0.5) is 5.69 Å². The summed E-state index contributed by atoms with van der Waals surface area (Å²) >= 11 is 3.59. The van der Waals surface area contributed by atoms with E-state index in [4.69, 9.17) is 0 Å². The van der Waals surface area contributed by atoms with Crippen LogP contribution in [0.2, 0.25) is 0 Å². The number of aromatic nitrogens is 2. The third-order valence-corrected chi connectivity index (χ3v) is 3.61. The summed E-state index contributed by atoms with van der Waals surface area (Å²) in [6.45, 7) is 6.59. The van der Waals surface area contributed by atoms with Gasteiger partial charge in [-0.05, 0) is 19.8 Å². The van der Waals surface area contributed by atoms with Crippen molar-refractivity contribution in [2.75, 3.05) is 0 Å². The van der Waals surface area contributed by atoms with Crippen LogP contribution in [0.1, 0.15) is 44.5 Å². The van der Waals surface area contributed by atoms with Gasteiger partial charge in [-0.1, -0.05) is 36.2 Å². The molecule has 0 aliphatic heterocycles. The van der Waals surface area contributed by atoms with Crippen LogP contribution in [0.25, 0.3) is 0 Å². The molecule has 0 aliphatic carbocycles. The average molecular weight is 318 g/mol. The van der Waals surface area contributed by atoms with E-state index < -0.39 is 0 Å². The zero-order valence-electron chi connectivity index (χ0n) is 11.1. The Morgan fingerprint density at radius 3 is 2.61 bits per heavy atom. The normalized spacial score (nSPS) is 12.7. The fourth-order valence-corrected chi connectivity index (χ4v) is 2.85. The van der Waals surface area contributed by atoms with Gasteiger partial charge in [-0.15, -0.1) is 0 Å². The Hall–Kier alpha value is -0.910. The Morgan fingerprint density at radius 1 is 1.44 bits per heavy atom. The number of halogens is 1. The van der Waals surface area contributed by atoms with Gasteiger partial charge in [-0.3, -0.25) is 14.8 Å². The Morgan fingerprint density at radius 2 is 2.11 bits per heavy atom. The second-order valence-corrected chi connectivity index (χ2v) is 5.75. The van der Waals surface area contributed by atoms with E-state index in [2.05, 4.69) is 28.0 Å². The smallest absolute Gasteiger partial charge is 0.262 e. The molecule has 1 heterocycles. The highest BCUT2D eigenvalue weighted by atomic mass is 79.9. The SMILES string of the molecule is CCCC(Br)Cc1c([N+](=O)[O-])c(C)nn1CCC. The third kappa shape index (κ3) is 3.54. The van der Waals surface area contributed by atoms with E-state index in [-0.39, 0.29) is 15.4 Å². The summed E-state index contributed by atoms with van der Waals surface area (Å²) in [6, 6.07) is 0. The average Bonchev–Trinajstić information content (AvgIpc) is 2.56. The minimum absolute atomic E-state index is 0.184. The van der Waals surface area contributed by atoms with Crippen LogP contribution >= 0.6 is 15.9 Å². The lowest BCUT2D eigenvalue weighted by Crippen LogP contribution is -2.11. The Labute approximate surface area is 116 Å². The zero-order chi connectivity index (χ0) is 13.7. The van der Waals surface area contributed by atoms with Gasteiger partial charge in [0.25, 0.3) is 0 Å². The highest BCUT2D eigenvalue weighted by Crippen LogP contribution is 2.27. The summed E-state index contributed by atoms with van der Waals surface area (Å²) in [4.78, 5) is 11.1. The largest absolute Gasteiger partial charge is 0.313 e. The molecule has 6 heteroatoms. The Bertz CT molecular complexity index is 418. The molecule has 102 valence electrons. The fourth-order valence-electron chi connectivity index (χ4n) is 2.08. The third-order valence-electron chi connectivity index (χ3n) is 2.83. The van der Waals surface area contributed by atoms with E-state index in [1.54, 1.807) is 11.6 Å². The summed E-state index contributed by atoms with van der Waals surface area (Å²) in [5.74, 6) is 0. The standard InChI is InChI=1S/C12H20BrN3O2/c1-4-6-10(13)8-11-12(16(17)18)9(3)14-15(11)7-5-2/h10H,4-8H2,1-3H3. The van der Waals surface area contributed by atoms with Gasteiger partial charge in [0.2, 0.25) is 0 Å². The summed E-state index contributed by atoms with van der Waals surface area (Å²) in [5, 5.41) is 15.4. The van der Waals surface area contributed by atoms with Crippen molar-refractivity contribution in [3.05, 3.63) is 21.5 Å². The van der Waals surface area contributed by atoms with Gasteiger partial charge >= 0.3 is 5.69 Å². The first-order valence-electron chi connectivity index (χ1n) is 6.35. The van der Waals surface area contributed by atoms with Crippen molar-refractivity contribution in [2.45, 2.75) is 57.8 Å². The molecule has 1 unspecified atom stereocenters. The molecule has 0 aliphatic rings. The van der Waals surface area contributed by atoms with Gasteiger partial charge in [0.15, 0.2) is 0 Å². The molecule has 0 saturated carbocycles. The lowest BCUT2D eigenvalue weighted by Gasteiger charge is -2.09. The number of alkyl halides is 1. The van der Waals surface area contributed by atoms with Crippen molar-refractivity contribution in [1.29, 1.82) is 0 Å². The maximum atomic E-state index is 11.1. The van der Waals surface area contributed by atoms with Gasteiger partial charge in [0.1, 0.15) is 11.4 Å². The Balaban J connectivity index is 3.07. The second-order valence-electron chi connectivity index (χ2n) is 4.45. The van der Waals surface area contributed by atoms with Crippen molar-refractivity contribution in [1.82, 2.24) is 9.78 Å². The molecule has 1 aromatic heterocycles. The summed E-state index contributed by atoms with van der Waals surface area (Å²) in [5.41, 5.74) is 1.44. The summed E-state index contributed by atoms with van der Waals surface area (Å²) in [6.07, 6.45) is 3.65. The molecular formula is C12H20BrN3O2. The molecule has 0 radical (unpaired) electrons. The molecule has 1 aromatic rings. The van der Waals surface area contributed by atoms with Gasteiger partial charge in [-0.25, -0.2) is 0 Å². The molecule has 5 nitrogen and oxygen atoms in total. The number of aryl methyl sites for hydroxylation is 2. The first-order chi connectivity index (χ1) is 8.51. The van der Waals surface area contributed by atoms with Crippen LogP contribution in [0.3, 0.4) is 0 Å². The molecular weight excluding hydrogens is 298 g/mol. The fraction of sp³-hybridized carbons (Fsp3) is 0.750. The minimum Gasteiger partial charge on any atom is -0.262 e. The molecule has 0 saturated heterocycles. The lowest BCUT2D eigenvalue weighted by atomic mass is 10.1. The van der Waals surface area contributed by atoms with Gasteiger partial charge < -0.3 is 0 Å². The van der Waals surface area contributed by atoms with Gasteiger partial charge in [0, 0.05) is 17.8 Å². The van der Waals surface area contributed by atoms with E-state index in [0.29, 0.717) is 12.1 Å². The highest BCUT2D eigenvalue weighted by molar-refractivity contribution is 9.09. The molecule has 0 N–H and O–H groups in total. The van der Waals surface area contributed by atoms with E-state index in [0.717, 1.165) is 31.5 Å². The van der Waals surface area contributed by atoms with Crippen molar-refractivity contribution in [3.63, 3.8) is 0 Å². The van der Waals surface area contributed by atoms with Crippen molar-refractivity contribution in [3.8, 4) is 0 Å². The molecule has 0 fully saturated rings. The lowest BCUT2D eigenvalue weighted by molar-refractivity contribution is -0.386. The molecule has 0 bridgehead atoms. The van der Waals surface area contributed by atoms with Crippen molar-refractivity contribution < 1.29 is 4.92 Å². The summed E-state index contributed by atoms with van der Waals surface area (Å²) < 4.78 is 1.79. The quantitative estimate of drug-likeness (QED) is 0.438. The molecule has 18 heavy (non-hydrogen) atoms. The van der Waals surface area contributed by atoms with E-state index in [9.17, 15) is 10.1 Å². The maximum Gasteiger partial charge on any atom is 0.313 e. The first-order valence-corrected chi connectivity index (χ1v) is 7.27. The molecule has 0 amide bonds. The molecule has 0 aromatic carbocycles. The topological polar surface area (TPSA) is 61.0 Å². The predicted molar refractivity (Wildman–Crippen MR) is 75.2 cm³/mol. The van der Waals surface area contributed by atoms with Gasteiger partial charge in [0.05, 0.1) is 4.92 Å².